The number of hydrogen-bond donors (Lipinski definition) is 0. The Morgan fingerprint density at radius 3 is 0.969 bits per heavy atom. The Hall–Kier alpha value is -1.45. The molecule has 4 heteroatoms. The van der Waals surface area contributed by atoms with E-state index in [-0.39, 0.29) is 24.8 Å². The first-order valence-corrected chi connectivity index (χ1v) is 24.2. The molecule has 0 bridgehead atoms. The van der Waals surface area contributed by atoms with E-state index in [1.54, 1.807) is 22.3 Å². The molecule has 0 N–H and O–H groups in total. The molecule has 0 aromatic heterocycles. The summed E-state index contributed by atoms with van der Waals surface area (Å²) in [7, 11) is 0. The Bertz CT molecular complexity index is 1080. The van der Waals surface area contributed by atoms with Crippen LogP contribution in [0.1, 0.15) is 29.6 Å². The zero-order chi connectivity index (χ0) is 20.2. The summed E-state index contributed by atoms with van der Waals surface area (Å²) in [6.45, 7) is 5.30. The van der Waals surface area contributed by atoms with E-state index < -0.39 is 26.6 Å². The number of rotatable bonds is 3. The zero-order valence-electron chi connectivity index (χ0n) is 18.3. The number of fused-ring (bicyclic) bond motifs is 6. The first-order valence-electron chi connectivity index (χ1n) is 11.0. The molecule has 0 spiro atoms. The molecule has 0 fully saturated rings. The van der Waals surface area contributed by atoms with E-state index in [4.69, 9.17) is 0 Å². The smallest absolute Gasteiger partial charge is 0.147 e. The van der Waals surface area contributed by atoms with E-state index in [0.29, 0.717) is 7.35 Å². The van der Waals surface area contributed by atoms with Crippen LogP contribution in [-0.4, -0.2) is 5.98 Å². The van der Waals surface area contributed by atoms with Gasteiger partial charge in [0.2, 0.25) is 0 Å². The van der Waals surface area contributed by atoms with Crippen molar-refractivity contribution in [3.8, 4) is 22.3 Å². The predicted molar refractivity (Wildman–Crippen MR) is 141 cm³/mol. The van der Waals surface area contributed by atoms with E-state index >= 15 is 0 Å². The van der Waals surface area contributed by atoms with Gasteiger partial charge in [-0.1, -0.05) is 0 Å². The summed E-state index contributed by atoms with van der Waals surface area (Å²) in [6.07, 6.45) is 0. The van der Waals surface area contributed by atoms with Gasteiger partial charge >= 0.3 is 189 Å². The van der Waals surface area contributed by atoms with E-state index in [0.717, 1.165) is 0 Å². The quantitative estimate of drug-likeness (QED) is 0.199. The molecular formula is C28H27Cl2HfSi. The fourth-order valence-electron chi connectivity index (χ4n) is 5.86. The van der Waals surface area contributed by atoms with E-state index in [1.807, 2.05) is 0 Å². The maximum atomic E-state index is 2.65. The fourth-order valence-corrected chi connectivity index (χ4v) is 37.4. The largest absolute Gasteiger partial charge is 0.147 e. The predicted octanol–water partition coefficient (Wildman–Crippen LogP) is 7.97. The third kappa shape index (κ3) is 3.51. The molecule has 0 heterocycles. The first kappa shape index (κ1) is 23.7. The van der Waals surface area contributed by atoms with Crippen molar-refractivity contribution >= 4 is 30.8 Å². The zero-order valence-corrected chi connectivity index (χ0v) is 24.7. The molecule has 0 atom stereocenters. The second kappa shape index (κ2) is 9.42. The van der Waals surface area contributed by atoms with Gasteiger partial charge in [0, 0.05) is 0 Å². The Balaban J connectivity index is 0.00000122. The van der Waals surface area contributed by atoms with E-state index in [2.05, 4.69) is 110 Å². The van der Waals surface area contributed by atoms with Gasteiger partial charge in [0.05, 0.1) is 0 Å². The van der Waals surface area contributed by atoms with Crippen LogP contribution in [0, 0.1) is 0 Å². The molecule has 0 saturated carbocycles. The summed E-state index contributed by atoms with van der Waals surface area (Å²) < 4.78 is 1.39. The third-order valence-electron chi connectivity index (χ3n) is 7.00. The summed E-state index contributed by atoms with van der Waals surface area (Å²) in [4.78, 5) is 0. The SMILES string of the molecule is C[SiH](C)[Hf]([CH]1c2ccccc2-c2ccccc21)[CH]1c2ccccc2-c2ccccc21.Cl.Cl. The fraction of sp³-hybridized carbons (Fsp3) is 0.143. The molecule has 2 aliphatic rings. The molecule has 0 radical (unpaired) electrons. The first-order chi connectivity index (χ1) is 14.8. The second-order valence-electron chi connectivity index (χ2n) is 8.87. The Kier molecular flexibility index (Phi) is 6.98. The molecule has 4 aromatic rings. The minimum atomic E-state index is -2.21. The van der Waals surface area contributed by atoms with Crippen LogP contribution in [0.4, 0.5) is 0 Å². The summed E-state index contributed by atoms with van der Waals surface area (Å²) in [5, 5.41) is 0. The Labute approximate surface area is 212 Å². The van der Waals surface area contributed by atoms with Gasteiger partial charge < -0.3 is 0 Å². The molecule has 0 aliphatic heterocycles. The topological polar surface area (TPSA) is 0 Å². The average Bonchev–Trinajstić information content (AvgIpc) is 3.29. The van der Waals surface area contributed by atoms with Crippen molar-refractivity contribution in [2.45, 2.75) is 20.4 Å². The van der Waals surface area contributed by atoms with Crippen LogP contribution in [0.25, 0.3) is 22.3 Å². The van der Waals surface area contributed by atoms with Gasteiger partial charge in [-0.2, -0.15) is 0 Å². The number of benzene rings is 4. The van der Waals surface area contributed by atoms with Crippen molar-refractivity contribution in [2.24, 2.45) is 0 Å². The maximum absolute atomic E-state index is 2.65. The van der Waals surface area contributed by atoms with Crippen molar-refractivity contribution in [3.63, 3.8) is 0 Å². The summed E-state index contributed by atoms with van der Waals surface area (Å²) >= 11 is -2.21. The van der Waals surface area contributed by atoms with Crippen LogP contribution >= 0.6 is 24.8 Å². The van der Waals surface area contributed by atoms with Crippen LogP contribution in [0.3, 0.4) is 0 Å². The summed E-state index contributed by atoms with van der Waals surface area (Å²) in [5.74, 6) is -0.814. The van der Waals surface area contributed by atoms with Gasteiger partial charge in [-0.15, -0.1) is 24.8 Å². The average molecular weight is 641 g/mol. The molecular weight excluding hydrogens is 614 g/mol. The van der Waals surface area contributed by atoms with Crippen LogP contribution in [0.5, 0.6) is 0 Å². The van der Waals surface area contributed by atoms with Gasteiger partial charge in [0.15, 0.2) is 0 Å². The number of hydrogen-bond acceptors (Lipinski definition) is 0. The maximum Gasteiger partial charge on any atom is -0.147 e. The van der Waals surface area contributed by atoms with E-state index in [9.17, 15) is 0 Å². The molecule has 0 amide bonds. The third-order valence-corrected chi connectivity index (χ3v) is 37.4. The van der Waals surface area contributed by atoms with Crippen molar-refractivity contribution < 1.29 is 20.6 Å². The molecule has 0 nitrogen and oxygen atoms in total. The van der Waals surface area contributed by atoms with Crippen LogP contribution in [-0.2, 0) is 20.6 Å². The normalized spacial score (nSPS) is 13.5. The Morgan fingerprint density at radius 2 is 0.719 bits per heavy atom. The molecule has 161 valence electrons. The van der Waals surface area contributed by atoms with Gasteiger partial charge in [-0.25, -0.2) is 0 Å². The Morgan fingerprint density at radius 1 is 0.469 bits per heavy atom. The van der Waals surface area contributed by atoms with Crippen LogP contribution in [0.2, 0.25) is 13.1 Å². The summed E-state index contributed by atoms with van der Waals surface area (Å²) in [5.41, 5.74) is 12.5. The van der Waals surface area contributed by atoms with Crippen molar-refractivity contribution in [3.05, 3.63) is 119 Å². The molecule has 0 unspecified atom stereocenters. The molecule has 0 saturated heterocycles. The minimum absolute atomic E-state index is 0. The second-order valence-corrected chi connectivity index (χ2v) is 36.8. The monoisotopic (exact) mass is 641 g/mol. The minimum Gasteiger partial charge on any atom is -0.147 e. The van der Waals surface area contributed by atoms with Gasteiger partial charge in [0.25, 0.3) is 0 Å². The van der Waals surface area contributed by atoms with Crippen molar-refractivity contribution in [1.29, 1.82) is 0 Å². The molecule has 2 aliphatic carbocycles. The number of halogens is 2. The van der Waals surface area contributed by atoms with Gasteiger partial charge in [-0.05, 0) is 0 Å². The summed E-state index contributed by atoms with van der Waals surface area (Å²) in [6, 6.07) is 37.1. The van der Waals surface area contributed by atoms with E-state index in [1.165, 1.54) is 22.3 Å². The van der Waals surface area contributed by atoms with Crippen molar-refractivity contribution in [1.82, 2.24) is 0 Å². The molecule has 4 aromatic carbocycles. The van der Waals surface area contributed by atoms with Gasteiger partial charge in [0.1, 0.15) is 0 Å². The van der Waals surface area contributed by atoms with Crippen LogP contribution < -0.4 is 0 Å². The van der Waals surface area contributed by atoms with Gasteiger partial charge in [-0.3, -0.25) is 0 Å². The molecule has 6 rings (SSSR count). The standard InChI is InChI=1S/2C13H9.C2H7Si.2ClH.Hf/c2*1-3-7-12-10(5-1)9-11-6-2-4-8-13(11)12;1-3-2;;;/h2*1-9H;3H,1-2H3;2*1H;. The molecule has 32 heavy (non-hydrogen) atoms. The van der Waals surface area contributed by atoms with Crippen LogP contribution in [0.15, 0.2) is 97.1 Å². The van der Waals surface area contributed by atoms with Crippen molar-refractivity contribution in [2.75, 3.05) is 0 Å².